The fourth-order valence-corrected chi connectivity index (χ4v) is 4.88. The van der Waals surface area contributed by atoms with E-state index in [0.717, 1.165) is 64.6 Å². The van der Waals surface area contributed by atoms with E-state index >= 15 is 0 Å². The van der Waals surface area contributed by atoms with Gasteiger partial charge >= 0.3 is 6.09 Å². The van der Waals surface area contributed by atoms with Crippen molar-refractivity contribution in [2.24, 2.45) is 11.1 Å². The SMILES string of the molecule is Cc1nn(CC23CCC(OC(N)=O)(CC2)CC3)c2c1CNCC2. The molecule has 0 spiro atoms. The quantitative estimate of drug-likeness (QED) is 0.893. The summed E-state index contributed by atoms with van der Waals surface area (Å²) < 4.78 is 7.74. The first kappa shape index (κ1) is 15.0. The summed E-state index contributed by atoms with van der Waals surface area (Å²) in [5, 5.41) is 8.27. The van der Waals surface area contributed by atoms with Crippen molar-refractivity contribution in [3.05, 3.63) is 17.0 Å². The summed E-state index contributed by atoms with van der Waals surface area (Å²) in [6, 6.07) is 0. The van der Waals surface area contributed by atoms with E-state index in [1.807, 2.05) is 0 Å². The van der Waals surface area contributed by atoms with Crippen LogP contribution >= 0.6 is 0 Å². The Morgan fingerprint density at radius 1 is 1.30 bits per heavy atom. The molecule has 23 heavy (non-hydrogen) atoms. The van der Waals surface area contributed by atoms with Crippen molar-refractivity contribution >= 4 is 6.09 Å². The average molecular weight is 318 g/mol. The minimum absolute atomic E-state index is 0.281. The molecule has 1 aromatic heterocycles. The Hall–Kier alpha value is -1.56. The number of aromatic nitrogens is 2. The highest BCUT2D eigenvalue weighted by atomic mass is 16.6. The molecule has 6 nitrogen and oxygen atoms in total. The lowest BCUT2D eigenvalue weighted by Gasteiger charge is -2.52. The van der Waals surface area contributed by atoms with Crippen LogP contribution in [0.15, 0.2) is 0 Å². The molecular weight excluding hydrogens is 292 g/mol. The van der Waals surface area contributed by atoms with Crippen LogP contribution in [0.1, 0.15) is 55.5 Å². The first-order chi connectivity index (χ1) is 11.0. The smallest absolute Gasteiger partial charge is 0.405 e. The number of aryl methyl sites for hydroxylation is 1. The molecule has 5 rings (SSSR count). The van der Waals surface area contributed by atoms with Gasteiger partial charge in [0.25, 0.3) is 0 Å². The zero-order valence-electron chi connectivity index (χ0n) is 13.9. The number of hydrogen-bond donors (Lipinski definition) is 2. The minimum Gasteiger partial charge on any atom is -0.443 e. The summed E-state index contributed by atoms with van der Waals surface area (Å²) in [5.41, 5.74) is 9.28. The van der Waals surface area contributed by atoms with E-state index in [-0.39, 0.29) is 5.60 Å². The van der Waals surface area contributed by atoms with Crippen LogP contribution in [0.25, 0.3) is 0 Å². The van der Waals surface area contributed by atoms with Gasteiger partial charge in [0.05, 0.1) is 5.69 Å². The van der Waals surface area contributed by atoms with E-state index in [2.05, 4.69) is 16.9 Å². The maximum absolute atomic E-state index is 11.2. The van der Waals surface area contributed by atoms with Crippen LogP contribution in [0.2, 0.25) is 0 Å². The van der Waals surface area contributed by atoms with E-state index in [9.17, 15) is 4.79 Å². The lowest BCUT2D eigenvalue weighted by atomic mass is 9.58. The van der Waals surface area contributed by atoms with E-state index in [4.69, 9.17) is 15.6 Å². The van der Waals surface area contributed by atoms with Gasteiger partial charge in [0.1, 0.15) is 5.60 Å². The Kier molecular flexibility index (Phi) is 3.41. The standard InChI is InChI=1S/C17H26N4O2/c1-12-13-10-19-9-2-14(13)21(20-12)11-16-3-6-17(7-4-16,8-5-16)23-15(18)22/h19H,2-11H2,1H3,(H2,18,22). The molecule has 2 heterocycles. The van der Waals surface area contributed by atoms with Crippen molar-refractivity contribution in [3.63, 3.8) is 0 Å². The summed E-state index contributed by atoms with van der Waals surface area (Å²) in [5.74, 6) is 0. The van der Waals surface area contributed by atoms with Crippen molar-refractivity contribution in [1.82, 2.24) is 15.1 Å². The summed E-state index contributed by atoms with van der Waals surface area (Å²) in [4.78, 5) is 11.2. The van der Waals surface area contributed by atoms with E-state index in [1.54, 1.807) is 0 Å². The first-order valence-corrected chi connectivity index (χ1v) is 8.75. The van der Waals surface area contributed by atoms with Crippen molar-refractivity contribution in [2.45, 2.75) is 70.6 Å². The zero-order valence-corrected chi connectivity index (χ0v) is 13.9. The van der Waals surface area contributed by atoms with Gasteiger partial charge in [0, 0.05) is 37.3 Å². The molecule has 3 saturated carbocycles. The number of nitrogens with one attached hydrogen (secondary N) is 1. The molecule has 2 bridgehead atoms. The van der Waals surface area contributed by atoms with Gasteiger partial charge in [-0.15, -0.1) is 0 Å². The Morgan fingerprint density at radius 2 is 2.00 bits per heavy atom. The Labute approximate surface area is 136 Å². The first-order valence-electron chi connectivity index (χ1n) is 8.75. The highest BCUT2D eigenvalue weighted by Crippen LogP contribution is 2.54. The van der Waals surface area contributed by atoms with Gasteiger partial charge in [0.15, 0.2) is 0 Å². The number of carbonyl (C=O) groups excluding carboxylic acids is 1. The Bertz CT molecular complexity index is 612. The van der Waals surface area contributed by atoms with Crippen LogP contribution in [0, 0.1) is 12.3 Å². The van der Waals surface area contributed by atoms with Gasteiger partial charge in [-0.1, -0.05) is 0 Å². The molecule has 1 aliphatic heterocycles. The number of fused-ring (bicyclic) bond motifs is 4. The molecule has 0 unspecified atom stereocenters. The van der Waals surface area contributed by atoms with Crippen LogP contribution in [0.3, 0.4) is 0 Å². The second-order valence-corrected chi connectivity index (χ2v) is 7.70. The average Bonchev–Trinajstić information content (AvgIpc) is 2.85. The van der Waals surface area contributed by atoms with Gasteiger partial charge in [0.2, 0.25) is 0 Å². The largest absolute Gasteiger partial charge is 0.443 e. The topological polar surface area (TPSA) is 82.2 Å². The lowest BCUT2D eigenvalue weighted by Crippen LogP contribution is -2.50. The highest BCUT2D eigenvalue weighted by Gasteiger charge is 2.51. The van der Waals surface area contributed by atoms with E-state index in [1.165, 1.54) is 17.0 Å². The maximum atomic E-state index is 11.2. The number of nitrogens with two attached hydrogens (primary N) is 1. The Morgan fingerprint density at radius 3 is 2.65 bits per heavy atom. The van der Waals surface area contributed by atoms with Crippen LogP contribution in [0.5, 0.6) is 0 Å². The molecule has 6 heteroatoms. The second-order valence-electron chi connectivity index (χ2n) is 7.70. The summed E-state index contributed by atoms with van der Waals surface area (Å²) >= 11 is 0. The van der Waals surface area contributed by atoms with Crippen LogP contribution < -0.4 is 11.1 Å². The second kappa shape index (κ2) is 5.23. The van der Waals surface area contributed by atoms with Gasteiger partial charge in [-0.05, 0) is 50.9 Å². The molecular formula is C17H26N4O2. The molecule has 3 aliphatic carbocycles. The number of hydrogen-bond acceptors (Lipinski definition) is 4. The van der Waals surface area contributed by atoms with Gasteiger partial charge in [-0.25, -0.2) is 4.79 Å². The third-order valence-corrected chi connectivity index (χ3v) is 6.34. The number of rotatable bonds is 3. The number of primary amides is 1. The third kappa shape index (κ3) is 2.53. The van der Waals surface area contributed by atoms with E-state index in [0.29, 0.717) is 5.41 Å². The molecule has 0 aromatic carbocycles. The predicted octanol–water partition coefficient (Wildman–Crippen LogP) is 2.03. The Balaban J connectivity index is 1.52. The van der Waals surface area contributed by atoms with E-state index < -0.39 is 6.09 Å². The summed E-state index contributed by atoms with van der Waals surface area (Å²) in [6.07, 6.45) is 6.59. The number of amides is 1. The number of carbonyl (C=O) groups is 1. The van der Waals surface area contributed by atoms with Crippen molar-refractivity contribution < 1.29 is 9.53 Å². The molecule has 126 valence electrons. The summed E-state index contributed by atoms with van der Waals surface area (Å²) in [7, 11) is 0. The molecule has 3 N–H and O–H groups in total. The molecule has 3 fully saturated rings. The molecule has 0 saturated heterocycles. The molecule has 0 atom stereocenters. The monoisotopic (exact) mass is 318 g/mol. The van der Waals surface area contributed by atoms with Gasteiger partial charge < -0.3 is 15.8 Å². The fraction of sp³-hybridized carbons (Fsp3) is 0.765. The molecule has 1 aromatic rings. The normalized spacial score (nSPS) is 32.6. The molecule has 1 amide bonds. The van der Waals surface area contributed by atoms with Crippen LogP contribution in [-0.4, -0.2) is 28.0 Å². The minimum atomic E-state index is -0.622. The van der Waals surface area contributed by atoms with Gasteiger partial charge in [-0.3, -0.25) is 4.68 Å². The van der Waals surface area contributed by atoms with Gasteiger partial charge in [-0.2, -0.15) is 5.10 Å². The highest BCUT2D eigenvalue weighted by molar-refractivity contribution is 5.65. The maximum Gasteiger partial charge on any atom is 0.405 e. The lowest BCUT2D eigenvalue weighted by molar-refractivity contribution is -0.101. The van der Waals surface area contributed by atoms with Crippen LogP contribution in [0.4, 0.5) is 4.79 Å². The number of nitrogens with zero attached hydrogens (tertiary/aromatic N) is 2. The fourth-order valence-electron chi connectivity index (χ4n) is 4.88. The van der Waals surface area contributed by atoms with Crippen molar-refractivity contribution in [2.75, 3.05) is 6.54 Å². The van der Waals surface area contributed by atoms with Crippen molar-refractivity contribution in [3.8, 4) is 0 Å². The molecule has 0 radical (unpaired) electrons. The zero-order chi connectivity index (χ0) is 16.1. The number of ether oxygens (including phenoxy) is 1. The third-order valence-electron chi connectivity index (χ3n) is 6.34. The predicted molar refractivity (Wildman–Crippen MR) is 85.9 cm³/mol. The van der Waals surface area contributed by atoms with Crippen molar-refractivity contribution in [1.29, 1.82) is 0 Å². The van der Waals surface area contributed by atoms with Crippen LogP contribution in [-0.2, 0) is 24.2 Å². The molecule has 4 aliphatic rings. The summed E-state index contributed by atoms with van der Waals surface area (Å²) in [6.45, 7) is 5.12.